The molecule has 0 fully saturated rings. The van der Waals surface area contributed by atoms with E-state index >= 15 is 0 Å². The van der Waals surface area contributed by atoms with Crippen LogP contribution in [0.25, 0.3) is 16.9 Å². The summed E-state index contributed by atoms with van der Waals surface area (Å²) in [5.74, 6) is -0.151. The van der Waals surface area contributed by atoms with Gasteiger partial charge in [0.1, 0.15) is 18.0 Å². The number of carbonyl (C=O) groups is 1. The number of fused-ring (bicyclic) bond motifs is 5. The summed E-state index contributed by atoms with van der Waals surface area (Å²) in [6.45, 7) is 8.11. The molecule has 7 heteroatoms. The number of aromatic nitrogens is 4. The Kier molecular flexibility index (Phi) is 4.25. The predicted molar refractivity (Wildman–Crippen MR) is 102 cm³/mol. The van der Waals surface area contributed by atoms with Gasteiger partial charge in [-0.25, -0.2) is 24.1 Å². The average molecular weight is 380 g/mol. The standard InChI is InChI=1S/C21H21FN4O2/c1-5-28-19(27)18-16-8-12-10-23-20(21(2,3)4)25-17(12)14-9-13(22)6-7-15(14)26(16)11-24-18/h6-7,9-11H,5,8H2,1-4H3. The van der Waals surface area contributed by atoms with Gasteiger partial charge in [-0.3, -0.25) is 0 Å². The van der Waals surface area contributed by atoms with Crippen molar-refractivity contribution >= 4 is 5.97 Å². The van der Waals surface area contributed by atoms with E-state index in [0.29, 0.717) is 29.2 Å². The minimum Gasteiger partial charge on any atom is -0.461 e. The van der Waals surface area contributed by atoms with Crippen LogP contribution in [0.4, 0.5) is 4.39 Å². The molecule has 0 bridgehead atoms. The van der Waals surface area contributed by atoms with Crippen LogP contribution in [0.5, 0.6) is 0 Å². The topological polar surface area (TPSA) is 69.9 Å². The van der Waals surface area contributed by atoms with Gasteiger partial charge in [0.15, 0.2) is 5.69 Å². The third-order valence-electron chi connectivity index (χ3n) is 4.70. The van der Waals surface area contributed by atoms with Gasteiger partial charge in [-0.05, 0) is 25.1 Å². The van der Waals surface area contributed by atoms with Crippen LogP contribution in [0.3, 0.4) is 0 Å². The van der Waals surface area contributed by atoms with E-state index in [0.717, 1.165) is 11.3 Å². The first-order chi connectivity index (χ1) is 13.3. The summed E-state index contributed by atoms with van der Waals surface area (Å²) in [7, 11) is 0. The van der Waals surface area contributed by atoms with Crippen LogP contribution in [0.1, 0.15) is 55.3 Å². The maximum Gasteiger partial charge on any atom is 0.358 e. The van der Waals surface area contributed by atoms with Crippen LogP contribution in [-0.4, -0.2) is 32.1 Å². The van der Waals surface area contributed by atoms with Crippen LogP contribution in [0, 0.1) is 5.82 Å². The molecule has 1 aromatic carbocycles. The van der Waals surface area contributed by atoms with Gasteiger partial charge in [0, 0.05) is 29.2 Å². The molecule has 0 saturated heterocycles. The number of rotatable bonds is 2. The Hall–Kier alpha value is -3.09. The first-order valence-corrected chi connectivity index (χ1v) is 9.19. The van der Waals surface area contributed by atoms with E-state index in [-0.39, 0.29) is 23.5 Å². The normalized spacial score (nSPS) is 12.6. The third kappa shape index (κ3) is 2.96. The first kappa shape index (κ1) is 18.3. The van der Waals surface area contributed by atoms with Crippen molar-refractivity contribution in [2.24, 2.45) is 0 Å². The molecule has 0 radical (unpaired) electrons. The highest BCUT2D eigenvalue weighted by Gasteiger charge is 2.28. The fourth-order valence-electron chi connectivity index (χ4n) is 3.34. The van der Waals surface area contributed by atoms with Crippen molar-refractivity contribution in [3.8, 4) is 16.9 Å². The van der Waals surface area contributed by atoms with Crippen molar-refractivity contribution in [3.05, 3.63) is 59.3 Å². The van der Waals surface area contributed by atoms with Gasteiger partial charge in [-0.2, -0.15) is 0 Å². The van der Waals surface area contributed by atoms with Gasteiger partial charge in [-0.15, -0.1) is 0 Å². The number of nitrogens with zero attached hydrogens (tertiary/aromatic N) is 4. The molecule has 0 atom stereocenters. The molecule has 3 aromatic rings. The Morgan fingerprint density at radius 1 is 1.29 bits per heavy atom. The maximum atomic E-state index is 14.1. The number of hydrogen-bond donors (Lipinski definition) is 0. The van der Waals surface area contributed by atoms with Crippen LogP contribution in [-0.2, 0) is 16.6 Å². The summed E-state index contributed by atoms with van der Waals surface area (Å²) < 4.78 is 21.1. The lowest BCUT2D eigenvalue weighted by atomic mass is 9.94. The smallest absolute Gasteiger partial charge is 0.358 e. The fourth-order valence-corrected chi connectivity index (χ4v) is 3.34. The Morgan fingerprint density at radius 3 is 2.79 bits per heavy atom. The summed E-state index contributed by atoms with van der Waals surface area (Å²) in [6, 6.07) is 4.54. The lowest BCUT2D eigenvalue weighted by Gasteiger charge is -2.18. The third-order valence-corrected chi connectivity index (χ3v) is 4.70. The lowest BCUT2D eigenvalue weighted by Crippen LogP contribution is -2.17. The van der Waals surface area contributed by atoms with E-state index in [4.69, 9.17) is 9.72 Å². The van der Waals surface area contributed by atoms with Crippen molar-refractivity contribution in [1.29, 1.82) is 0 Å². The van der Waals surface area contributed by atoms with E-state index in [1.165, 1.54) is 12.1 Å². The number of imidazole rings is 1. The van der Waals surface area contributed by atoms with Gasteiger partial charge >= 0.3 is 5.97 Å². The molecule has 2 aromatic heterocycles. The zero-order valence-electron chi connectivity index (χ0n) is 16.3. The van der Waals surface area contributed by atoms with Gasteiger partial charge in [0.05, 0.1) is 23.7 Å². The summed E-state index contributed by atoms with van der Waals surface area (Å²) in [5, 5.41) is 0. The molecule has 0 unspecified atom stereocenters. The highest BCUT2D eigenvalue weighted by molar-refractivity contribution is 5.89. The zero-order chi connectivity index (χ0) is 20.1. The number of hydrogen-bond acceptors (Lipinski definition) is 5. The molecule has 0 spiro atoms. The minimum atomic E-state index is -0.476. The van der Waals surface area contributed by atoms with Gasteiger partial charge < -0.3 is 9.30 Å². The first-order valence-electron chi connectivity index (χ1n) is 9.19. The Bertz CT molecular complexity index is 1080. The second-order valence-corrected chi connectivity index (χ2v) is 7.79. The number of halogens is 1. The quantitative estimate of drug-likeness (QED) is 0.494. The molecular weight excluding hydrogens is 359 g/mol. The second kappa shape index (κ2) is 6.51. The lowest BCUT2D eigenvalue weighted by molar-refractivity contribution is 0.0519. The van der Waals surface area contributed by atoms with Crippen molar-refractivity contribution in [3.63, 3.8) is 0 Å². The zero-order valence-corrected chi connectivity index (χ0v) is 16.3. The SMILES string of the molecule is CCOC(=O)c1ncn2c1Cc1cnc(C(C)(C)C)nc1-c1cc(F)ccc1-2. The highest BCUT2D eigenvalue weighted by Crippen LogP contribution is 2.36. The van der Waals surface area contributed by atoms with E-state index in [1.807, 2.05) is 20.8 Å². The van der Waals surface area contributed by atoms with Crippen LogP contribution in [0.2, 0.25) is 0 Å². The Morgan fingerprint density at radius 2 is 2.07 bits per heavy atom. The molecule has 28 heavy (non-hydrogen) atoms. The molecule has 0 N–H and O–H groups in total. The molecule has 1 aliphatic heterocycles. The number of benzene rings is 1. The van der Waals surface area contributed by atoms with Crippen molar-refractivity contribution in [2.75, 3.05) is 6.61 Å². The predicted octanol–water partition coefficient (Wildman–Crippen LogP) is 3.85. The van der Waals surface area contributed by atoms with Crippen molar-refractivity contribution in [2.45, 2.75) is 39.5 Å². The number of esters is 1. The number of ether oxygens (including phenoxy) is 1. The molecule has 4 rings (SSSR count). The molecule has 0 saturated carbocycles. The Labute approximate surface area is 162 Å². The number of carbonyl (C=O) groups excluding carboxylic acids is 1. The molecular formula is C21H21FN4O2. The van der Waals surface area contributed by atoms with Crippen molar-refractivity contribution < 1.29 is 13.9 Å². The van der Waals surface area contributed by atoms with E-state index in [9.17, 15) is 9.18 Å². The summed E-state index contributed by atoms with van der Waals surface area (Å²) >= 11 is 0. The molecule has 1 aliphatic rings. The molecule has 144 valence electrons. The van der Waals surface area contributed by atoms with Crippen LogP contribution >= 0.6 is 0 Å². The molecule has 0 amide bonds. The van der Waals surface area contributed by atoms with Gasteiger partial charge in [0.2, 0.25) is 0 Å². The van der Waals surface area contributed by atoms with Gasteiger partial charge in [0.25, 0.3) is 0 Å². The van der Waals surface area contributed by atoms with E-state index in [1.54, 1.807) is 30.1 Å². The summed E-state index contributed by atoms with van der Waals surface area (Å²) in [6.07, 6.45) is 3.72. The van der Waals surface area contributed by atoms with Crippen LogP contribution < -0.4 is 0 Å². The average Bonchev–Trinajstić information content (AvgIpc) is 2.99. The highest BCUT2D eigenvalue weighted by atomic mass is 19.1. The molecule has 0 aliphatic carbocycles. The second-order valence-electron chi connectivity index (χ2n) is 7.79. The maximum absolute atomic E-state index is 14.1. The summed E-state index contributed by atoms with van der Waals surface area (Å²) in [4.78, 5) is 25.9. The van der Waals surface area contributed by atoms with Crippen LogP contribution in [0.15, 0.2) is 30.7 Å². The molecule has 6 nitrogen and oxygen atoms in total. The van der Waals surface area contributed by atoms with Gasteiger partial charge in [-0.1, -0.05) is 20.8 Å². The molecule has 3 heterocycles. The fraction of sp³-hybridized carbons (Fsp3) is 0.333. The monoisotopic (exact) mass is 380 g/mol. The largest absolute Gasteiger partial charge is 0.461 e. The minimum absolute atomic E-state index is 0.248. The Balaban J connectivity index is 1.98. The van der Waals surface area contributed by atoms with E-state index < -0.39 is 5.97 Å². The summed E-state index contributed by atoms with van der Waals surface area (Å²) in [5.41, 5.74) is 3.53. The van der Waals surface area contributed by atoms with Crippen molar-refractivity contribution in [1.82, 2.24) is 19.5 Å². The van der Waals surface area contributed by atoms with E-state index in [2.05, 4.69) is 9.97 Å².